The fraction of sp³-hybridized carbons (Fsp3) is 0.467. The molecule has 0 aliphatic carbocycles. The Labute approximate surface area is 119 Å². The number of nitrogens with one attached hydrogen (secondary N) is 1. The van der Waals surface area contributed by atoms with Gasteiger partial charge in [0.2, 0.25) is 5.88 Å². The van der Waals surface area contributed by atoms with Crippen LogP contribution in [0.3, 0.4) is 0 Å². The summed E-state index contributed by atoms with van der Waals surface area (Å²) in [7, 11) is 1.61. The first-order valence-electron chi connectivity index (χ1n) is 6.93. The third kappa shape index (κ3) is 3.57. The molecule has 5 nitrogen and oxygen atoms in total. The van der Waals surface area contributed by atoms with E-state index in [1.165, 1.54) is 6.33 Å². The Kier molecular flexibility index (Phi) is 5.12. The number of rotatable bonds is 7. The fourth-order valence-electron chi connectivity index (χ4n) is 2.10. The Morgan fingerprint density at radius 2 is 2.15 bits per heavy atom. The first-order valence-corrected chi connectivity index (χ1v) is 6.93. The highest BCUT2D eigenvalue weighted by Gasteiger charge is 2.16. The van der Waals surface area contributed by atoms with Crippen LogP contribution in [0.25, 0.3) is 0 Å². The van der Waals surface area contributed by atoms with Gasteiger partial charge in [0.05, 0.1) is 13.2 Å². The van der Waals surface area contributed by atoms with Crippen molar-refractivity contribution in [2.45, 2.75) is 32.7 Å². The first-order chi connectivity index (χ1) is 9.76. The minimum Gasteiger partial charge on any atom is -0.481 e. The van der Waals surface area contributed by atoms with Gasteiger partial charge in [-0.2, -0.15) is 0 Å². The molecule has 1 unspecified atom stereocenters. The Morgan fingerprint density at radius 1 is 1.30 bits per heavy atom. The summed E-state index contributed by atoms with van der Waals surface area (Å²) in [6, 6.07) is 6.03. The molecule has 5 heteroatoms. The van der Waals surface area contributed by atoms with Crippen LogP contribution in [0, 0.1) is 0 Å². The zero-order chi connectivity index (χ0) is 14.4. The summed E-state index contributed by atoms with van der Waals surface area (Å²) >= 11 is 0. The maximum atomic E-state index is 5.84. The van der Waals surface area contributed by atoms with Crippen LogP contribution in [-0.4, -0.2) is 23.6 Å². The second-order valence-electron chi connectivity index (χ2n) is 4.52. The van der Waals surface area contributed by atoms with Crippen LogP contribution in [0.1, 0.15) is 37.1 Å². The average Bonchev–Trinajstić information content (AvgIpc) is 2.96. The van der Waals surface area contributed by atoms with Crippen LogP contribution in [0.4, 0.5) is 0 Å². The molecule has 2 aromatic heterocycles. The summed E-state index contributed by atoms with van der Waals surface area (Å²) in [5, 5.41) is 3.43. The van der Waals surface area contributed by atoms with Crippen LogP contribution in [0.15, 0.2) is 28.9 Å². The van der Waals surface area contributed by atoms with E-state index in [0.717, 1.165) is 36.6 Å². The van der Waals surface area contributed by atoms with E-state index in [4.69, 9.17) is 9.15 Å². The lowest BCUT2D eigenvalue weighted by Crippen LogP contribution is -2.23. The number of ether oxygens (including phenoxy) is 1. The van der Waals surface area contributed by atoms with Crippen molar-refractivity contribution < 1.29 is 9.15 Å². The number of hydrogen-bond donors (Lipinski definition) is 1. The van der Waals surface area contributed by atoms with Crippen LogP contribution in [-0.2, 0) is 12.8 Å². The number of aryl methyl sites for hydroxylation is 1. The standard InChI is InChI=1S/C15H21N3O2/c1-4-12-6-7-14(20-12)13(16-5-2)8-11-9-15(19-3)18-10-17-11/h6-7,9-10,13,16H,4-5,8H2,1-3H3. The molecule has 1 N–H and O–H groups in total. The van der Waals surface area contributed by atoms with E-state index in [1.807, 2.05) is 18.2 Å². The monoisotopic (exact) mass is 275 g/mol. The van der Waals surface area contributed by atoms with Crippen molar-refractivity contribution in [3.05, 3.63) is 41.7 Å². The van der Waals surface area contributed by atoms with Gasteiger partial charge in [-0.1, -0.05) is 13.8 Å². The molecule has 108 valence electrons. The number of furan rings is 1. The Balaban J connectivity index is 2.15. The molecule has 0 aliphatic rings. The van der Waals surface area contributed by atoms with E-state index in [0.29, 0.717) is 5.88 Å². The Bertz CT molecular complexity index is 539. The molecule has 0 aliphatic heterocycles. The molecule has 0 spiro atoms. The predicted molar refractivity (Wildman–Crippen MR) is 76.8 cm³/mol. The maximum absolute atomic E-state index is 5.84. The highest BCUT2D eigenvalue weighted by molar-refractivity contribution is 5.18. The summed E-state index contributed by atoms with van der Waals surface area (Å²) in [5.41, 5.74) is 0.928. The average molecular weight is 275 g/mol. The van der Waals surface area contributed by atoms with E-state index in [1.54, 1.807) is 7.11 Å². The highest BCUT2D eigenvalue weighted by atomic mass is 16.5. The van der Waals surface area contributed by atoms with Gasteiger partial charge in [-0.15, -0.1) is 0 Å². The van der Waals surface area contributed by atoms with Gasteiger partial charge >= 0.3 is 0 Å². The SMILES string of the molecule is CCNC(Cc1cc(OC)ncn1)c1ccc(CC)o1. The molecule has 0 saturated carbocycles. The van der Waals surface area contributed by atoms with Gasteiger partial charge in [0.15, 0.2) is 0 Å². The fourth-order valence-corrected chi connectivity index (χ4v) is 2.10. The summed E-state index contributed by atoms with van der Waals surface area (Å²) in [4.78, 5) is 8.31. The second-order valence-corrected chi connectivity index (χ2v) is 4.52. The summed E-state index contributed by atoms with van der Waals surface area (Å²) in [6.45, 7) is 5.03. The molecule has 0 aromatic carbocycles. The van der Waals surface area contributed by atoms with Gasteiger partial charge < -0.3 is 14.5 Å². The molecule has 0 bridgehead atoms. The molecule has 2 aromatic rings. The largest absolute Gasteiger partial charge is 0.481 e. The van der Waals surface area contributed by atoms with Crippen LogP contribution < -0.4 is 10.1 Å². The van der Waals surface area contributed by atoms with Crippen molar-refractivity contribution in [3.63, 3.8) is 0 Å². The third-order valence-electron chi connectivity index (χ3n) is 3.15. The predicted octanol–water partition coefficient (Wildman–Crippen LogP) is 2.53. The summed E-state index contributed by atoms with van der Waals surface area (Å²) in [5.74, 6) is 2.53. The van der Waals surface area contributed by atoms with Crippen LogP contribution in [0.5, 0.6) is 5.88 Å². The lowest BCUT2D eigenvalue weighted by atomic mass is 10.1. The van der Waals surface area contributed by atoms with Crippen molar-refractivity contribution in [1.82, 2.24) is 15.3 Å². The molecular weight excluding hydrogens is 254 g/mol. The zero-order valence-electron chi connectivity index (χ0n) is 12.2. The first kappa shape index (κ1) is 14.5. The van der Waals surface area contributed by atoms with Crippen molar-refractivity contribution in [3.8, 4) is 5.88 Å². The maximum Gasteiger partial charge on any atom is 0.216 e. The number of methoxy groups -OCH3 is 1. The number of hydrogen-bond acceptors (Lipinski definition) is 5. The molecule has 0 radical (unpaired) electrons. The summed E-state index contributed by atoms with van der Waals surface area (Å²) in [6.07, 6.45) is 3.17. The van der Waals surface area contributed by atoms with E-state index < -0.39 is 0 Å². The van der Waals surface area contributed by atoms with E-state index >= 15 is 0 Å². The lowest BCUT2D eigenvalue weighted by molar-refractivity contribution is 0.387. The van der Waals surface area contributed by atoms with Gasteiger partial charge in [0.1, 0.15) is 17.8 Å². The normalized spacial score (nSPS) is 12.3. The number of likely N-dealkylation sites (N-methyl/N-ethyl adjacent to an activating group) is 1. The van der Waals surface area contributed by atoms with Gasteiger partial charge in [0, 0.05) is 24.6 Å². The summed E-state index contributed by atoms with van der Waals surface area (Å²) < 4.78 is 11.0. The van der Waals surface area contributed by atoms with Gasteiger partial charge in [-0.25, -0.2) is 9.97 Å². The van der Waals surface area contributed by atoms with Crippen molar-refractivity contribution in [1.29, 1.82) is 0 Å². The minimum atomic E-state index is 0.111. The molecule has 0 fully saturated rings. The molecule has 2 heterocycles. The van der Waals surface area contributed by atoms with Crippen molar-refractivity contribution in [2.75, 3.05) is 13.7 Å². The Morgan fingerprint density at radius 3 is 2.80 bits per heavy atom. The van der Waals surface area contributed by atoms with E-state index in [-0.39, 0.29) is 6.04 Å². The zero-order valence-corrected chi connectivity index (χ0v) is 12.2. The van der Waals surface area contributed by atoms with Crippen molar-refractivity contribution in [2.24, 2.45) is 0 Å². The minimum absolute atomic E-state index is 0.111. The van der Waals surface area contributed by atoms with Gasteiger partial charge in [-0.05, 0) is 18.7 Å². The molecule has 1 atom stereocenters. The number of aromatic nitrogens is 2. The van der Waals surface area contributed by atoms with Gasteiger partial charge in [0.25, 0.3) is 0 Å². The van der Waals surface area contributed by atoms with Crippen LogP contribution >= 0.6 is 0 Å². The topological polar surface area (TPSA) is 60.2 Å². The molecule has 2 rings (SSSR count). The molecular formula is C15H21N3O2. The Hall–Kier alpha value is -1.88. The van der Waals surface area contributed by atoms with Gasteiger partial charge in [-0.3, -0.25) is 0 Å². The number of nitrogens with zero attached hydrogens (tertiary/aromatic N) is 2. The molecule has 0 saturated heterocycles. The van der Waals surface area contributed by atoms with E-state index in [2.05, 4.69) is 29.1 Å². The van der Waals surface area contributed by atoms with Crippen LogP contribution in [0.2, 0.25) is 0 Å². The third-order valence-corrected chi connectivity index (χ3v) is 3.15. The lowest BCUT2D eigenvalue weighted by Gasteiger charge is -2.15. The highest BCUT2D eigenvalue weighted by Crippen LogP contribution is 2.21. The van der Waals surface area contributed by atoms with Crippen molar-refractivity contribution >= 4 is 0 Å². The second kappa shape index (κ2) is 7.05. The quantitative estimate of drug-likeness (QED) is 0.841. The van der Waals surface area contributed by atoms with E-state index in [9.17, 15) is 0 Å². The molecule has 20 heavy (non-hydrogen) atoms. The smallest absolute Gasteiger partial charge is 0.216 e. The molecule has 0 amide bonds.